The van der Waals surface area contributed by atoms with Crippen molar-refractivity contribution in [2.45, 2.75) is 38.1 Å². The molecule has 1 atom stereocenters. The van der Waals surface area contributed by atoms with Crippen LogP contribution < -0.4 is 11.1 Å². The second-order valence-corrected chi connectivity index (χ2v) is 5.04. The van der Waals surface area contributed by atoms with Gasteiger partial charge in [-0.2, -0.15) is 0 Å². The van der Waals surface area contributed by atoms with E-state index in [9.17, 15) is 4.79 Å². The lowest BCUT2D eigenvalue weighted by molar-refractivity contribution is -0.122. The van der Waals surface area contributed by atoms with Gasteiger partial charge >= 0.3 is 0 Å². The van der Waals surface area contributed by atoms with E-state index >= 15 is 0 Å². The molecule has 1 amide bonds. The van der Waals surface area contributed by atoms with E-state index in [1.54, 1.807) is 0 Å². The smallest absolute Gasteiger partial charge is 0.220 e. The molecule has 2 rings (SSSR count). The minimum absolute atomic E-state index is 0.157. The summed E-state index contributed by atoms with van der Waals surface area (Å²) in [4.78, 5) is 11.9. The summed E-state index contributed by atoms with van der Waals surface area (Å²) < 4.78 is 0. The predicted molar refractivity (Wildman–Crippen MR) is 73.0 cm³/mol. The Morgan fingerprint density at radius 3 is 2.61 bits per heavy atom. The Morgan fingerprint density at radius 2 is 2.00 bits per heavy atom. The average molecular weight is 246 g/mol. The Morgan fingerprint density at radius 1 is 1.28 bits per heavy atom. The van der Waals surface area contributed by atoms with Crippen LogP contribution in [0.25, 0.3) is 0 Å². The Hall–Kier alpha value is -1.35. The van der Waals surface area contributed by atoms with Crippen LogP contribution in [0.5, 0.6) is 0 Å². The van der Waals surface area contributed by atoms with Crippen molar-refractivity contribution in [2.75, 3.05) is 6.54 Å². The van der Waals surface area contributed by atoms with Crippen molar-refractivity contribution in [3.63, 3.8) is 0 Å². The highest BCUT2D eigenvalue weighted by molar-refractivity contribution is 5.76. The molecule has 1 aliphatic rings. The van der Waals surface area contributed by atoms with Crippen LogP contribution in [0, 0.1) is 5.92 Å². The van der Waals surface area contributed by atoms with E-state index in [-0.39, 0.29) is 11.9 Å². The molecule has 98 valence electrons. The second-order valence-electron chi connectivity index (χ2n) is 5.04. The van der Waals surface area contributed by atoms with Gasteiger partial charge in [0, 0.05) is 6.42 Å². The summed E-state index contributed by atoms with van der Waals surface area (Å²) in [6.45, 7) is 0.665. The molecule has 1 aromatic carbocycles. The van der Waals surface area contributed by atoms with Gasteiger partial charge in [-0.3, -0.25) is 4.79 Å². The minimum Gasteiger partial charge on any atom is -0.349 e. The maximum Gasteiger partial charge on any atom is 0.220 e. The zero-order chi connectivity index (χ0) is 12.8. The molecule has 0 bridgehead atoms. The Labute approximate surface area is 109 Å². The third-order valence-corrected chi connectivity index (χ3v) is 3.43. The lowest BCUT2D eigenvalue weighted by Crippen LogP contribution is -2.29. The molecule has 1 fully saturated rings. The van der Waals surface area contributed by atoms with Crippen LogP contribution in [0.15, 0.2) is 30.3 Å². The third-order valence-electron chi connectivity index (χ3n) is 3.43. The molecule has 0 saturated heterocycles. The SMILES string of the molecule is NCCCCC(=O)NC(c1ccccc1)C1CC1. The van der Waals surface area contributed by atoms with Gasteiger partial charge in [-0.25, -0.2) is 0 Å². The molecule has 0 heterocycles. The van der Waals surface area contributed by atoms with Crippen LogP contribution in [0.1, 0.15) is 43.7 Å². The number of rotatable bonds is 7. The van der Waals surface area contributed by atoms with Crippen LogP contribution in [0.2, 0.25) is 0 Å². The highest BCUT2D eigenvalue weighted by atomic mass is 16.1. The minimum atomic E-state index is 0.157. The third kappa shape index (κ3) is 3.84. The second kappa shape index (κ2) is 6.55. The predicted octanol–water partition coefficient (Wildman–Crippen LogP) is 2.38. The summed E-state index contributed by atoms with van der Waals surface area (Å²) in [5.41, 5.74) is 6.66. The molecule has 0 aliphatic heterocycles. The van der Waals surface area contributed by atoms with Crippen LogP contribution in [-0.2, 0) is 4.79 Å². The zero-order valence-corrected chi connectivity index (χ0v) is 10.8. The normalized spacial score (nSPS) is 16.3. The van der Waals surface area contributed by atoms with Crippen molar-refractivity contribution in [1.29, 1.82) is 0 Å². The quantitative estimate of drug-likeness (QED) is 0.726. The summed E-state index contributed by atoms with van der Waals surface area (Å²) in [6, 6.07) is 10.5. The first-order valence-corrected chi connectivity index (χ1v) is 6.85. The van der Waals surface area contributed by atoms with Crippen LogP contribution in [-0.4, -0.2) is 12.5 Å². The lowest BCUT2D eigenvalue weighted by Gasteiger charge is -2.18. The van der Waals surface area contributed by atoms with Crippen molar-refractivity contribution in [1.82, 2.24) is 5.32 Å². The van der Waals surface area contributed by atoms with E-state index in [1.165, 1.54) is 18.4 Å². The fourth-order valence-electron chi connectivity index (χ4n) is 2.24. The summed E-state index contributed by atoms with van der Waals surface area (Å²) in [7, 11) is 0. The molecule has 3 nitrogen and oxygen atoms in total. The fraction of sp³-hybridized carbons (Fsp3) is 0.533. The van der Waals surface area contributed by atoms with Gasteiger partial charge in [0.1, 0.15) is 0 Å². The highest BCUT2D eigenvalue weighted by Gasteiger charge is 2.33. The van der Waals surface area contributed by atoms with Crippen LogP contribution in [0.4, 0.5) is 0 Å². The highest BCUT2D eigenvalue weighted by Crippen LogP contribution is 2.40. The molecule has 1 unspecified atom stereocenters. The monoisotopic (exact) mass is 246 g/mol. The van der Waals surface area contributed by atoms with E-state index < -0.39 is 0 Å². The average Bonchev–Trinajstić information content (AvgIpc) is 3.22. The fourth-order valence-corrected chi connectivity index (χ4v) is 2.24. The molecule has 1 aromatic rings. The zero-order valence-electron chi connectivity index (χ0n) is 10.8. The van der Waals surface area contributed by atoms with Gasteiger partial charge in [0.05, 0.1) is 6.04 Å². The molecule has 0 spiro atoms. The van der Waals surface area contributed by atoms with Gasteiger partial charge < -0.3 is 11.1 Å². The maximum atomic E-state index is 11.9. The number of carbonyl (C=O) groups is 1. The maximum absolute atomic E-state index is 11.9. The van der Waals surface area contributed by atoms with Gasteiger partial charge in [0.2, 0.25) is 5.91 Å². The number of unbranched alkanes of at least 4 members (excludes halogenated alkanes) is 1. The van der Waals surface area contributed by atoms with Gasteiger partial charge in [0.15, 0.2) is 0 Å². The Bertz CT molecular complexity index is 373. The molecule has 3 heteroatoms. The van der Waals surface area contributed by atoms with Crippen molar-refractivity contribution < 1.29 is 4.79 Å². The standard InChI is InChI=1S/C15H22N2O/c16-11-5-4-8-14(18)17-15(13-9-10-13)12-6-2-1-3-7-12/h1-3,6-7,13,15H,4-5,8-11,16H2,(H,17,18). The first-order valence-electron chi connectivity index (χ1n) is 6.85. The summed E-state index contributed by atoms with van der Waals surface area (Å²) in [5, 5.41) is 3.17. The molecule has 1 saturated carbocycles. The largest absolute Gasteiger partial charge is 0.349 e. The van der Waals surface area contributed by atoms with Gasteiger partial charge in [0.25, 0.3) is 0 Å². The van der Waals surface area contributed by atoms with Crippen molar-refractivity contribution in [3.05, 3.63) is 35.9 Å². The van der Waals surface area contributed by atoms with Gasteiger partial charge in [-0.1, -0.05) is 30.3 Å². The van der Waals surface area contributed by atoms with Crippen LogP contribution in [0.3, 0.4) is 0 Å². The number of hydrogen-bond donors (Lipinski definition) is 2. The molecular formula is C15H22N2O. The van der Waals surface area contributed by atoms with Crippen molar-refractivity contribution >= 4 is 5.91 Å². The number of carbonyl (C=O) groups excluding carboxylic acids is 1. The number of benzene rings is 1. The van der Waals surface area contributed by atoms with E-state index in [4.69, 9.17) is 5.73 Å². The van der Waals surface area contributed by atoms with E-state index in [0.29, 0.717) is 18.9 Å². The summed E-state index contributed by atoms with van der Waals surface area (Å²) in [6.07, 6.45) is 4.85. The Balaban J connectivity index is 1.89. The first-order chi connectivity index (χ1) is 8.81. The van der Waals surface area contributed by atoms with Crippen LogP contribution >= 0.6 is 0 Å². The van der Waals surface area contributed by atoms with E-state index in [1.807, 2.05) is 18.2 Å². The summed E-state index contributed by atoms with van der Waals surface area (Å²) in [5.74, 6) is 0.787. The molecule has 3 N–H and O–H groups in total. The van der Waals surface area contributed by atoms with Crippen molar-refractivity contribution in [2.24, 2.45) is 11.7 Å². The molecule has 0 radical (unpaired) electrons. The molecule has 18 heavy (non-hydrogen) atoms. The lowest BCUT2D eigenvalue weighted by atomic mass is 10.0. The Kier molecular flexibility index (Phi) is 4.76. The first kappa shape index (κ1) is 13.1. The molecule has 1 aliphatic carbocycles. The van der Waals surface area contributed by atoms with Gasteiger partial charge in [-0.05, 0) is 43.7 Å². The molecular weight excluding hydrogens is 224 g/mol. The number of nitrogens with two attached hydrogens (primary N) is 1. The van der Waals surface area contributed by atoms with Gasteiger partial charge in [-0.15, -0.1) is 0 Å². The number of nitrogens with one attached hydrogen (secondary N) is 1. The van der Waals surface area contributed by atoms with E-state index in [0.717, 1.165) is 12.8 Å². The number of hydrogen-bond acceptors (Lipinski definition) is 2. The number of amides is 1. The van der Waals surface area contributed by atoms with E-state index in [2.05, 4.69) is 17.4 Å². The topological polar surface area (TPSA) is 55.1 Å². The van der Waals surface area contributed by atoms with Crippen molar-refractivity contribution in [3.8, 4) is 0 Å². The molecule has 0 aromatic heterocycles. The summed E-state index contributed by atoms with van der Waals surface area (Å²) >= 11 is 0.